The monoisotopic (exact) mass is 467 g/mol. The van der Waals surface area contributed by atoms with Crippen LogP contribution in [0.4, 0.5) is 0 Å². The molecule has 0 unspecified atom stereocenters. The molecule has 0 bridgehead atoms. The van der Waals surface area contributed by atoms with Crippen LogP contribution in [0.25, 0.3) is 0 Å². The first-order chi connectivity index (χ1) is 9.07. The number of aliphatic hydroxyl groups is 5. The molecule has 0 aliphatic heterocycles. The molecule has 129 valence electrons. The molecule has 0 heterocycles. The van der Waals surface area contributed by atoms with E-state index in [2.05, 4.69) is 0 Å². The normalized spacial score (nSPS) is 6.90. The maximum atomic E-state index is 7.88. The van der Waals surface area contributed by atoms with Crippen LogP contribution in [0.1, 0.15) is 60.3 Å². The summed E-state index contributed by atoms with van der Waals surface area (Å²) in [5.74, 6) is 0. The van der Waals surface area contributed by atoms with Crippen LogP contribution in [-0.2, 0) is 22.4 Å². The second-order valence-electron chi connectivity index (χ2n) is 3.21. The van der Waals surface area contributed by atoms with E-state index in [0.717, 1.165) is 25.7 Å². The van der Waals surface area contributed by atoms with Crippen molar-refractivity contribution in [1.82, 2.24) is 0 Å². The molecule has 0 saturated heterocycles. The predicted octanol–water partition coefficient (Wildman–Crippen LogP) is 1.55. The molecule has 0 rings (SSSR count). The van der Waals surface area contributed by atoms with Gasteiger partial charge in [0.1, 0.15) is 0 Å². The summed E-state index contributed by atoms with van der Waals surface area (Å²) in [5.41, 5.74) is 0. The van der Waals surface area contributed by atoms with Crippen molar-refractivity contribution in [2.75, 3.05) is 33.0 Å². The van der Waals surface area contributed by atoms with Gasteiger partial charge in [0.05, 0.1) is 0 Å². The minimum absolute atomic E-state index is 0. The van der Waals surface area contributed by atoms with Crippen molar-refractivity contribution in [3.05, 3.63) is 0 Å². The summed E-state index contributed by atoms with van der Waals surface area (Å²) in [5, 5.41) is 39.1. The Kier molecular flexibility index (Phi) is 137. The molecule has 0 fully saturated rings. The average molecular weight is 467 g/mol. The summed E-state index contributed by atoms with van der Waals surface area (Å²) in [6.07, 6.45) is 3.50. The van der Waals surface area contributed by atoms with Gasteiger partial charge in [0, 0.05) is 55.4 Å². The zero-order valence-electron chi connectivity index (χ0n) is 14.0. The van der Waals surface area contributed by atoms with Crippen molar-refractivity contribution in [1.29, 1.82) is 0 Å². The van der Waals surface area contributed by atoms with Crippen LogP contribution in [0.15, 0.2) is 0 Å². The summed E-state index contributed by atoms with van der Waals surface area (Å²) in [6, 6.07) is 0. The summed E-state index contributed by atoms with van der Waals surface area (Å²) in [6.45, 7) is 10.9. The maximum Gasteiger partial charge on any atom is 0.0428 e. The SMILES string of the molecule is CCCO.CCCO.CCCO.CCCO.CCO.[Ta]. The molecule has 6 heteroatoms. The molecule has 0 aromatic heterocycles. The van der Waals surface area contributed by atoms with Gasteiger partial charge in [0.2, 0.25) is 0 Å². The average Bonchev–Trinajstić information content (AvgIpc) is 2.48. The van der Waals surface area contributed by atoms with Crippen molar-refractivity contribution >= 4 is 0 Å². The molecule has 0 spiro atoms. The summed E-state index contributed by atoms with van der Waals surface area (Å²) < 4.78 is 0. The Hall–Kier alpha value is 0.540. The van der Waals surface area contributed by atoms with Gasteiger partial charge < -0.3 is 25.5 Å². The molecule has 0 aliphatic rings. The maximum absolute atomic E-state index is 7.88. The Labute approximate surface area is 141 Å². The molecule has 0 aliphatic carbocycles. The van der Waals surface area contributed by atoms with E-state index < -0.39 is 0 Å². The molecule has 0 aromatic rings. The smallest absolute Gasteiger partial charge is 0.0428 e. The van der Waals surface area contributed by atoms with Crippen molar-refractivity contribution in [3.63, 3.8) is 0 Å². The predicted molar refractivity (Wildman–Crippen MR) is 82.3 cm³/mol. The first-order valence-corrected chi connectivity index (χ1v) is 7.12. The Morgan fingerprint density at radius 2 is 0.500 bits per heavy atom. The van der Waals surface area contributed by atoms with Gasteiger partial charge in [-0.15, -0.1) is 0 Å². The summed E-state index contributed by atoms with van der Waals surface area (Å²) >= 11 is 0. The number of rotatable bonds is 4. The van der Waals surface area contributed by atoms with E-state index in [-0.39, 0.29) is 29.0 Å². The van der Waals surface area contributed by atoms with Gasteiger partial charge in [0.25, 0.3) is 0 Å². The minimum atomic E-state index is 0. The number of aliphatic hydroxyl groups excluding tert-OH is 5. The molecule has 5 N–H and O–H groups in total. The molecule has 5 nitrogen and oxygen atoms in total. The largest absolute Gasteiger partial charge is 0.397 e. The van der Waals surface area contributed by atoms with Crippen LogP contribution >= 0.6 is 0 Å². The van der Waals surface area contributed by atoms with E-state index >= 15 is 0 Å². The van der Waals surface area contributed by atoms with Crippen molar-refractivity contribution in [2.24, 2.45) is 0 Å². The van der Waals surface area contributed by atoms with E-state index in [1.165, 1.54) is 0 Å². The topological polar surface area (TPSA) is 101 Å². The fourth-order valence-electron chi connectivity index (χ4n) is 0. The fourth-order valence-corrected chi connectivity index (χ4v) is 0. The zero-order chi connectivity index (χ0) is 16.4. The minimum Gasteiger partial charge on any atom is -0.397 e. The molecule has 20 heavy (non-hydrogen) atoms. The summed E-state index contributed by atoms with van der Waals surface area (Å²) in [7, 11) is 0. The van der Waals surface area contributed by atoms with Crippen LogP contribution in [-0.4, -0.2) is 58.6 Å². The Bertz CT molecular complexity index is 54.6. The quantitative estimate of drug-likeness (QED) is 0.432. The van der Waals surface area contributed by atoms with Gasteiger partial charge in [-0.25, -0.2) is 0 Å². The van der Waals surface area contributed by atoms with Crippen molar-refractivity contribution in [2.45, 2.75) is 60.3 Å². The van der Waals surface area contributed by atoms with Crippen molar-refractivity contribution in [3.8, 4) is 0 Å². The Morgan fingerprint density at radius 3 is 0.500 bits per heavy atom. The van der Waals surface area contributed by atoms with E-state index in [1.807, 2.05) is 27.7 Å². The van der Waals surface area contributed by atoms with Crippen LogP contribution in [0.2, 0.25) is 0 Å². The van der Waals surface area contributed by atoms with Gasteiger partial charge in [0.15, 0.2) is 0 Å². The Balaban J connectivity index is -0.0000000304. The number of hydrogen-bond donors (Lipinski definition) is 5. The van der Waals surface area contributed by atoms with Gasteiger partial charge >= 0.3 is 0 Å². The van der Waals surface area contributed by atoms with Gasteiger partial charge in [-0.05, 0) is 32.6 Å². The molecule has 0 saturated carbocycles. The standard InChI is InChI=1S/4C3H8O.C2H6O.Ta/c4*1-2-3-4;1-2-3;/h4*4H,2-3H2,1H3;3H,2H2,1H3;. The van der Waals surface area contributed by atoms with Gasteiger partial charge in [-0.1, -0.05) is 27.7 Å². The summed E-state index contributed by atoms with van der Waals surface area (Å²) in [4.78, 5) is 0. The third-order valence-corrected chi connectivity index (χ3v) is 0.894. The molecule has 0 atom stereocenters. The first-order valence-electron chi connectivity index (χ1n) is 7.12. The fraction of sp³-hybridized carbons (Fsp3) is 1.00. The molecular weight excluding hydrogens is 429 g/mol. The van der Waals surface area contributed by atoms with Crippen LogP contribution < -0.4 is 0 Å². The third kappa shape index (κ3) is 277. The van der Waals surface area contributed by atoms with Gasteiger partial charge in [-0.3, -0.25) is 0 Å². The van der Waals surface area contributed by atoms with Crippen LogP contribution in [0.3, 0.4) is 0 Å². The van der Waals surface area contributed by atoms with Crippen LogP contribution in [0, 0.1) is 0 Å². The van der Waals surface area contributed by atoms with E-state index in [9.17, 15) is 0 Å². The van der Waals surface area contributed by atoms with Crippen LogP contribution in [0.5, 0.6) is 0 Å². The van der Waals surface area contributed by atoms with Gasteiger partial charge in [-0.2, -0.15) is 0 Å². The van der Waals surface area contributed by atoms with E-state index in [1.54, 1.807) is 6.92 Å². The second-order valence-corrected chi connectivity index (χ2v) is 3.21. The molecule has 0 aromatic carbocycles. The second kappa shape index (κ2) is 73.8. The third-order valence-electron chi connectivity index (χ3n) is 0.894. The molecule has 0 amide bonds. The van der Waals surface area contributed by atoms with Crippen molar-refractivity contribution < 1.29 is 47.9 Å². The molecular formula is C14H38O5Ta. The first kappa shape index (κ1) is 37.1. The zero-order valence-corrected chi connectivity index (χ0v) is 17.3. The molecule has 1 radical (unpaired) electrons. The van der Waals surface area contributed by atoms with E-state index in [0.29, 0.717) is 26.4 Å². The number of hydrogen-bond acceptors (Lipinski definition) is 5. The Morgan fingerprint density at radius 1 is 0.450 bits per heavy atom. The van der Waals surface area contributed by atoms with E-state index in [4.69, 9.17) is 25.5 Å².